The van der Waals surface area contributed by atoms with E-state index in [0.717, 1.165) is 40.8 Å². The van der Waals surface area contributed by atoms with Crippen LogP contribution in [0.3, 0.4) is 0 Å². The van der Waals surface area contributed by atoms with Crippen molar-refractivity contribution in [3.05, 3.63) is 127 Å². The molecule has 0 aromatic heterocycles. The Kier molecular flexibility index (Phi) is 11.0. The molecule has 2 amide bonds. The van der Waals surface area contributed by atoms with Crippen molar-refractivity contribution in [2.45, 2.75) is 32.4 Å². The Morgan fingerprint density at radius 2 is 1.45 bits per heavy atom. The third kappa shape index (κ3) is 8.46. The lowest BCUT2D eigenvalue weighted by molar-refractivity contribution is -0.132. The van der Waals surface area contributed by atoms with Gasteiger partial charge in [-0.1, -0.05) is 91.0 Å². The molecule has 4 aromatic rings. The van der Waals surface area contributed by atoms with E-state index in [1.54, 1.807) is 22.0 Å². The van der Waals surface area contributed by atoms with Crippen LogP contribution in [0.25, 0.3) is 11.1 Å². The summed E-state index contributed by atoms with van der Waals surface area (Å²) >= 11 is 0. The van der Waals surface area contributed by atoms with Crippen molar-refractivity contribution in [3.63, 3.8) is 0 Å². The number of amides is 2. The molecule has 0 saturated carbocycles. The first-order valence-corrected chi connectivity index (χ1v) is 15.1. The molecule has 1 fully saturated rings. The Morgan fingerprint density at radius 3 is 2.18 bits per heavy atom. The number of benzene rings is 4. The van der Waals surface area contributed by atoms with Crippen LogP contribution < -0.4 is 10.3 Å². The van der Waals surface area contributed by atoms with E-state index in [0.29, 0.717) is 32.8 Å². The predicted molar refractivity (Wildman–Crippen MR) is 172 cm³/mol. The molecule has 5 rings (SSSR count). The van der Waals surface area contributed by atoms with Crippen molar-refractivity contribution < 1.29 is 19.4 Å². The molecule has 0 spiro atoms. The lowest BCUT2D eigenvalue weighted by Gasteiger charge is -2.37. The number of nitrogens with zero attached hydrogens (tertiary/aromatic N) is 3. The van der Waals surface area contributed by atoms with Gasteiger partial charge in [0.1, 0.15) is 12.4 Å². The minimum absolute atomic E-state index is 0.0368. The van der Waals surface area contributed by atoms with Gasteiger partial charge < -0.3 is 14.7 Å². The maximum atomic E-state index is 13.7. The van der Waals surface area contributed by atoms with Crippen LogP contribution in [0.15, 0.2) is 109 Å². The summed E-state index contributed by atoms with van der Waals surface area (Å²) in [4.78, 5) is 28.9. The Morgan fingerprint density at radius 1 is 0.795 bits per heavy atom. The van der Waals surface area contributed by atoms with Crippen molar-refractivity contribution >= 4 is 17.7 Å². The first kappa shape index (κ1) is 30.8. The fourth-order valence-electron chi connectivity index (χ4n) is 5.25. The summed E-state index contributed by atoms with van der Waals surface area (Å²) in [5.74, 6) is 0.0913. The van der Waals surface area contributed by atoms with E-state index in [1.807, 2.05) is 102 Å². The van der Waals surface area contributed by atoms with Gasteiger partial charge in [-0.2, -0.15) is 0 Å². The fourth-order valence-corrected chi connectivity index (χ4v) is 5.25. The Labute approximate surface area is 259 Å². The second-order valence-electron chi connectivity index (χ2n) is 10.7. The van der Waals surface area contributed by atoms with E-state index in [4.69, 9.17) is 4.74 Å². The number of piperidine rings is 1. The highest BCUT2D eigenvalue weighted by molar-refractivity contribution is 5.93. The van der Waals surface area contributed by atoms with Crippen LogP contribution in [0.4, 0.5) is 10.5 Å². The third-order valence-electron chi connectivity index (χ3n) is 7.53. The van der Waals surface area contributed by atoms with E-state index in [1.165, 1.54) is 0 Å². The molecule has 0 unspecified atom stereocenters. The van der Waals surface area contributed by atoms with Crippen LogP contribution in [0, 0.1) is 6.42 Å². The first-order valence-electron chi connectivity index (χ1n) is 15.1. The zero-order valence-corrected chi connectivity index (χ0v) is 24.8. The number of aromatic hydroxyl groups is 1. The van der Waals surface area contributed by atoms with Crippen LogP contribution in [0.5, 0.6) is 5.75 Å². The van der Waals surface area contributed by atoms with E-state index < -0.39 is 6.09 Å². The van der Waals surface area contributed by atoms with Crippen LogP contribution in [0.1, 0.15) is 30.4 Å². The predicted octanol–water partition coefficient (Wildman–Crippen LogP) is 6.38. The van der Waals surface area contributed by atoms with Gasteiger partial charge in [-0.25, -0.2) is 14.8 Å². The minimum Gasteiger partial charge on any atom is -0.508 e. The Bertz CT molecular complexity index is 1480. The van der Waals surface area contributed by atoms with Gasteiger partial charge >= 0.3 is 6.09 Å². The number of ether oxygens (including phenoxy) is 1. The van der Waals surface area contributed by atoms with Gasteiger partial charge in [0.2, 0.25) is 5.91 Å². The number of para-hydroxylation sites is 1. The number of anilines is 1. The van der Waals surface area contributed by atoms with E-state index in [9.17, 15) is 14.7 Å². The molecule has 0 bridgehead atoms. The lowest BCUT2D eigenvalue weighted by atomic mass is 10.0. The molecule has 0 aliphatic carbocycles. The Balaban J connectivity index is 1.25. The molecule has 4 aromatic carbocycles. The number of rotatable bonds is 12. The summed E-state index contributed by atoms with van der Waals surface area (Å²) in [6.45, 7) is 2.66. The van der Waals surface area contributed by atoms with Gasteiger partial charge in [-0.15, -0.1) is 0 Å². The molecule has 1 aliphatic rings. The number of carbonyl (C=O) groups is 2. The number of phenolic OH excluding ortho intramolecular Hbond substituents is 1. The summed E-state index contributed by atoms with van der Waals surface area (Å²) in [7, 11) is 0. The number of phenols is 1. The number of hydrogen-bond donors (Lipinski definition) is 2. The van der Waals surface area contributed by atoms with Gasteiger partial charge in [0.05, 0.1) is 18.8 Å². The molecule has 1 aliphatic heterocycles. The average Bonchev–Trinajstić information content (AvgIpc) is 3.07. The van der Waals surface area contributed by atoms with Gasteiger partial charge in [0.15, 0.2) is 0 Å². The molecule has 2 N–H and O–H groups in total. The summed E-state index contributed by atoms with van der Waals surface area (Å²) in [6.07, 6.45) is 3.55. The molecule has 227 valence electrons. The highest BCUT2D eigenvalue weighted by Crippen LogP contribution is 2.33. The van der Waals surface area contributed by atoms with Crippen LogP contribution in [0.2, 0.25) is 0 Å². The van der Waals surface area contributed by atoms with E-state index in [-0.39, 0.29) is 24.7 Å². The smallest absolute Gasteiger partial charge is 0.429 e. The number of nitrogens with one attached hydrogen (secondary N) is 1. The zero-order valence-electron chi connectivity index (χ0n) is 24.8. The normalized spacial score (nSPS) is 13.3. The topological polar surface area (TPSA) is 85.4 Å². The molecule has 8 heteroatoms. The number of hydrazine groups is 1. The van der Waals surface area contributed by atoms with Gasteiger partial charge in [-0.3, -0.25) is 10.1 Å². The van der Waals surface area contributed by atoms with Crippen molar-refractivity contribution in [2.75, 3.05) is 31.4 Å². The highest BCUT2D eigenvalue weighted by Gasteiger charge is 2.28. The van der Waals surface area contributed by atoms with Gasteiger partial charge in [0, 0.05) is 31.7 Å². The zero-order chi connectivity index (χ0) is 30.6. The van der Waals surface area contributed by atoms with E-state index in [2.05, 4.69) is 11.7 Å². The number of hydrogen-bond acceptors (Lipinski definition) is 6. The largest absolute Gasteiger partial charge is 0.508 e. The highest BCUT2D eigenvalue weighted by atomic mass is 16.6. The molecular weight excluding hydrogens is 552 g/mol. The molecule has 0 atom stereocenters. The van der Waals surface area contributed by atoms with Crippen molar-refractivity contribution in [2.24, 2.45) is 0 Å². The number of carbonyl (C=O) groups excluding carboxylic acids is 2. The summed E-state index contributed by atoms with van der Waals surface area (Å²) in [5.41, 5.74) is 4.70. The van der Waals surface area contributed by atoms with Gasteiger partial charge in [-0.05, 0) is 54.2 Å². The molecular formula is C36H39N4O4. The van der Waals surface area contributed by atoms with E-state index >= 15 is 0 Å². The molecule has 1 saturated heterocycles. The molecule has 8 nitrogen and oxygen atoms in total. The molecule has 44 heavy (non-hydrogen) atoms. The third-order valence-corrected chi connectivity index (χ3v) is 7.53. The van der Waals surface area contributed by atoms with Crippen LogP contribution in [-0.4, -0.2) is 53.4 Å². The molecule has 1 radical (unpaired) electrons. The quantitative estimate of drug-likeness (QED) is 0.186. The summed E-state index contributed by atoms with van der Waals surface area (Å²) in [5, 5.41) is 16.5. The summed E-state index contributed by atoms with van der Waals surface area (Å²) < 4.78 is 5.80. The van der Waals surface area contributed by atoms with Gasteiger partial charge in [0.25, 0.3) is 0 Å². The van der Waals surface area contributed by atoms with Crippen molar-refractivity contribution in [3.8, 4) is 16.9 Å². The average molecular weight is 592 g/mol. The standard InChI is InChI=1S/C36H39N4O4/c41-32-20-18-29(19-21-32)26-37-28-38(27-30-12-4-1-5-13-30)35(42)22-25-44-36(43)40(39-23-10-3-11-24-39)34-17-9-8-16-33(34)31-14-6-2-7-15-31/h1-9,12-21,37,41H,10-11,22-28H2. The summed E-state index contributed by atoms with van der Waals surface area (Å²) in [6, 6.07) is 34.6. The van der Waals surface area contributed by atoms with Crippen LogP contribution in [-0.2, 0) is 22.6 Å². The second-order valence-corrected chi connectivity index (χ2v) is 10.7. The maximum absolute atomic E-state index is 13.7. The first-order chi connectivity index (χ1) is 21.6. The fraction of sp³-hybridized carbons (Fsp3) is 0.250. The minimum atomic E-state index is -0.497. The molecule has 1 heterocycles. The SMILES string of the molecule is O=C(CCOC(=O)N(c1ccccc1-c1ccccc1)N1CC[CH]CC1)N(CNCc1ccc(O)cc1)Cc1ccccc1. The monoisotopic (exact) mass is 591 g/mol. The maximum Gasteiger partial charge on any atom is 0.429 e. The lowest BCUT2D eigenvalue weighted by Crippen LogP contribution is -2.50. The second kappa shape index (κ2) is 15.7. The Hall–Kier alpha value is -4.66. The van der Waals surface area contributed by atoms with Crippen molar-refractivity contribution in [1.29, 1.82) is 0 Å². The van der Waals surface area contributed by atoms with Crippen molar-refractivity contribution in [1.82, 2.24) is 15.2 Å². The van der Waals surface area contributed by atoms with Crippen LogP contribution >= 0.6 is 0 Å².